The third-order valence-corrected chi connectivity index (χ3v) is 1.44. The van der Waals surface area contributed by atoms with Gasteiger partial charge < -0.3 is 29.9 Å². The Hall–Kier alpha value is -1.88. The van der Waals surface area contributed by atoms with Gasteiger partial charge in [-0.15, -0.1) is 0 Å². The number of aliphatic hydroxyl groups excluding tert-OH is 4. The minimum Gasteiger partial charge on any atom is -0.426 e. The fourth-order valence-electron chi connectivity index (χ4n) is 0.674. The van der Waals surface area contributed by atoms with Crippen LogP contribution in [-0.4, -0.2) is 69.7 Å². The lowest BCUT2D eigenvalue weighted by Crippen LogP contribution is -2.41. The molecule has 0 rings (SSSR count). The monoisotopic (exact) mass is 266 g/mol. The van der Waals surface area contributed by atoms with E-state index in [9.17, 15) is 19.2 Å². The quantitative estimate of drug-likeness (QED) is 0.201. The van der Waals surface area contributed by atoms with E-state index in [2.05, 4.69) is 9.47 Å². The Labute approximate surface area is 99.3 Å². The number of aliphatic hydroxyl groups is 4. The first-order valence-electron chi connectivity index (χ1n) is 4.38. The van der Waals surface area contributed by atoms with Crippen LogP contribution in [-0.2, 0) is 28.7 Å². The molecular weight excluding hydrogens is 256 g/mol. The number of hydrogen-bond acceptors (Lipinski definition) is 10. The molecule has 0 radical (unpaired) electrons. The summed E-state index contributed by atoms with van der Waals surface area (Å²) in [5.41, 5.74) is 0. The lowest BCUT2D eigenvalue weighted by Gasteiger charge is -2.12. The molecule has 0 aromatic rings. The smallest absolute Gasteiger partial charge is 0.334 e. The molecule has 0 bridgehead atoms. The summed E-state index contributed by atoms with van der Waals surface area (Å²) in [7, 11) is 0. The molecule has 10 nitrogen and oxygen atoms in total. The molecule has 0 spiro atoms. The predicted molar refractivity (Wildman–Crippen MR) is 48.4 cm³/mol. The van der Waals surface area contributed by atoms with E-state index in [1.807, 2.05) is 0 Å². The molecule has 2 unspecified atom stereocenters. The summed E-state index contributed by atoms with van der Waals surface area (Å²) in [6, 6.07) is 0. The Bertz CT molecular complexity index is 314. The zero-order chi connectivity index (χ0) is 14.3. The highest BCUT2D eigenvalue weighted by molar-refractivity contribution is 6.39. The zero-order valence-corrected chi connectivity index (χ0v) is 8.81. The number of carbonyl (C=O) groups is 4. The maximum atomic E-state index is 11.0. The van der Waals surface area contributed by atoms with Crippen LogP contribution in [0.25, 0.3) is 0 Å². The lowest BCUT2D eigenvalue weighted by molar-refractivity contribution is -0.188. The summed E-state index contributed by atoms with van der Waals surface area (Å²) < 4.78 is 7.72. The number of hydrogen-bond donors (Lipinski definition) is 4. The number of esters is 2. The molecule has 0 aliphatic rings. The van der Waals surface area contributed by atoms with Crippen LogP contribution in [0.5, 0.6) is 0 Å². The summed E-state index contributed by atoms with van der Waals surface area (Å²) in [6.45, 7) is -2.28. The second-order valence-corrected chi connectivity index (χ2v) is 2.73. The SMILES string of the molecule is O=C(CO)OC(O)C(=O)C(=O)C(O)OC(=O)CO. The van der Waals surface area contributed by atoms with Crippen molar-refractivity contribution in [2.24, 2.45) is 0 Å². The van der Waals surface area contributed by atoms with Crippen LogP contribution in [0.4, 0.5) is 0 Å². The summed E-state index contributed by atoms with van der Waals surface area (Å²) in [5.74, 6) is -6.30. The van der Waals surface area contributed by atoms with Gasteiger partial charge in [-0.2, -0.15) is 0 Å². The zero-order valence-electron chi connectivity index (χ0n) is 8.81. The maximum absolute atomic E-state index is 11.0. The van der Waals surface area contributed by atoms with Crippen LogP contribution in [0.2, 0.25) is 0 Å². The number of ether oxygens (including phenoxy) is 2. The van der Waals surface area contributed by atoms with Gasteiger partial charge in [0, 0.05) is 0 Å². The Morgan fingerprint density at radius 2 is 1.06 bits per heavy atom. The van der Waals surface area contributed by atoms with Crippen LogP contribution in [0.1, 0.15) is 0 Å². The molecule has 0 aromatic heterocycles. The van der Waals surface area contributed by atoms with Crippen LogP contribution in [0.15, 0.2) is 0 Å². The van der Waals surface area contributed by atoms with Crippen LogP contribution < -0.4 is 0 Å². The van der Waals surface area contributed by atoms with E-state index in [4.69, 9.17) is 20.4 Å². The summed E-state index contributed by atoms with van der Waals surface area (Å²) in [4.78, 5) is 43.0. The van der Waals surface area contributed by atoms with Crippen LogP contribution >= 0.6 is 0 Å². The topological polar surface area (TPSA) is 168 Å². The number of rotatable bonds is 7. The van der Waals surface area contributed by atoms with Gasteiger partial charge >= 0.3 is 11.9 Å². The second kappa shape index (κ2) is 7.45. The molecule has 10 heteroatoms. The first-order chi connectivity index (χ1) is 8.33. The van der Waals surface area contributed by atoms with Crippen molar-refractivity contribution >= 4 is 23.5 Å². The summed E-state index contributed by atoms with van der Waals surface area (Å²) in [5, 5.41) is 34.3. The largest absolute Gasteiger partial charge is 0.426 e. The molecule has 0 aromatic carbocycles. The van der Waals surface area contributed by atoms with Crippen LogP contribution in [0, 0.1) is 0 Å². The van der Waals surface area contributed by atoms with Gasteiger partial charge in [-0.25, -0.2) is 9.59 Å². The molecule has 0 aliphatic heterocycles. The molecule has 0 heterocycles. The number of ketones is 2. The predicted octanol–water partition coefficient (Wildman–Crippen LogP) is -4.17. The molecule has 0 fully saturated rings. The third kappa shape index (κ3) is 4.97. The fraction of sp³-hybridized carbons (Fsp3) is 0.500. The molecule has 0 saturated carbocycles. The van der Waals surface area contributed by atoms with Crippen molar-refractivity contribution in [1.82, 2.24) is 0 Å². The van der Waals surface area contributed by atoms with E-state index in [0.717, 1.165) is 0 Å². The first-order valence-corrected chi connectivity index (χ1v) is 4.38. The second-order valence-electron chi connectivity index (χ2n) is 2.73. The highest BCUT2D eigenvalue weighted by atomic mass is 16.7. The van der Waals surface area contributed by atoms with Gasteiger partial charge in [0.25, 0.3) is 24.1 Å². The van der Waals surface area contributed by atoms with E-state index in [1.54, 1.807) is 0 Å². The van der Waals surface area contributed by atoms with Crippen molar-refractivity contribution in [2.75, 3.05) is 13.2 Å². The molecule has 0 amide bonds. The summed E-state index contributed by atoms with van der Waals surface area (Å²) >= 11 is 0. The van der Waals surface area contributed by atoms with E-state index < -0.39 is 49.3 Å². The average Bonchev–Trinajstić information content (AvgIpc) is 2.36. The first kappa shape index (κ1) is 16.1. The number of carbonyl (C=O) groups excluding carboxylic acids is 4. The van der Waals surface area contributed by atoms with Crippen molar-refractivity contribution < 1.29 is 49.1 Å². The Balaban J connectivity index is 4.45. The minimum atomic E-state index is -2.54. The highest BCUT2D eigenvalue weighted by Crippen LogP contribution is 1.98. The lowest BCUT2D eigenvalue weighted by atomic mass is 10.2. The standard InChI is InChI=1S/C8H10O10/c9-1-3(11)17-7(15)5(13)6(14)8(16)18-4(12)2-10/h7-10,15-16H,1-2H2. The third-order valence-electron chi connectivity index (χ3n) is 1.44. The Morgan fingerprint density at radius 1 is 0.778 bits per heavy atom. The van der Waals surface area contributed by atoms with Gasteiger partial charge in [0.15, 0.2) is 0 Å². The molecule has 102 valence electrons. The summed E-state index contributed by atoms with van der Waals surface area (Å²) in [6.07, 6.45) is -5.08. The molecule has 2 atom stereocenters. The highest BCUT2D eigenvalue weighted by Gasteiger charge is 2.33. The fourth-order valence-corrected chi connectivity index (χ4v) is 0.674. The van der Waals surface area contributed by atoms with E-state index in [1.165, 1.54) is 0 Å². The van der Waals surface area contributed by atoms with E-state index in [0.29, 0.717) is 0 Å². The van der Waals surface area contributed by atoms with E-state index >= 15 is 0 Å². The van der Waals surface area contributed by atoms with Crippen molar-refractivity contribution in [1.29, 1.82) is 0 Å². The molecule has 0 aliphatic carbocycles. The maximum Gasteiger partial charge on any atom is 0.334 e. The van der Waals surface area contributed by atoms with Crippen molar-refractivity contribution in [2.45, 2.75) is 12.6 Å². The van der Waals surface area contributed by atoms with Gasteiger partial charge in [-0.1, -0.05) is 0 Å². The average molecular weight is 266 g/mol. The van der Waals surface area contributed by atoms with E-state index in [-0.39, 0.29) is 0 Å². The van der Waals surface area contributed by atoms with Crippen molar-refractivity contribution in [3.63, 3.8) is 0 Å². The van der Waals surface area contributed by atoms with Gasteiger partial charge in [0.05, 0.1) is 0 Å². The normalized spacial score (nSPS) is 13.3. The number of Topliss-reactive ketones (excluding diaryl/α,β-unsaturated/α-hetero) is 2. The molecular formula is C8H10O10. The minimum absolute atomic E-state index is 1.14. The van der Waals surface area contributed by atoms with Gasteiger partial charge in [-0.3, -0.25) is 9.59 Å². The molecule has 18 heavy (non-hydrogen) atoms. The van der Waals surface area contributed by atoms with Gasteiger partial charge in [0.2, 0.25) is 0 Å². The molecule has 0 saturated heterocycles. The van der Waals surface area contributed by atoms with Crippen LogP contribution in [0.3, 0.4) is 0 Å². The Morgan fingerprint density at radius 3 is 1.28 bits per heavy atom. The van der Waals surface area contributed by atoms with Crippen molar-refractivity contribution in [3.05, 3.63) is 0 Å². The van der Waals surface area contributed by atoms with Gasteiger partial charge in [-0.05, 0) is 0 Å². The molecule has 4 N–H and O–H groups in total. The Kier molecular flexibility index (Phi) is 6.67. The van der Waals surface area contributed by atoms with Crippen molar-refractivity contribution in [3.8, 4) is 0 Å². The van der Waals surface area contributed by atoms with Gasteiger partial charge in [0.1, 0.15) is 13.2 Å².